The van der Waals surface area contributed by atoms with Gasteiger partial charge >= 0.3 is 5.63 Å². The number of halogens is 2. The van der Waals surface area contributed by atoms with E-state index >= 15 is 0 Å². The molecule has 2 aromatic carbocycles. The highest BCUT2D eigenvalue weighted by molar-refractivity contribution is 9.11. The summed E-state index contributed by atoms with van der Waals surface area (Å²) in [5, 5.41) is 0.528. The Morgan fingerprint density at radius 1 is 1.21 bits per heavy atom. The molecule has 1 aromatic heterocycles. The number of hydrogen-bond acceptors (Lipinski definition) is 5. The van der Waals surface area contributed by atoms with E-state index in [-0.39, 0.29) is 16.8 Å². The number of ether oxygens (including phenoxy) is 1. The lowest BCUT2D eigenvalue weighted by atomic mass is 10.1. The standard InChI is InChI=1S/C20H15Br2NO4S/c1-26-14-4-2-11(3-5-14)19-23(6-7-28-19)18(24)15-9-12-8-13(21)10-16(22)17(12)27-20(15)25/h2-5,8-10,19H,6-7H2,1H3. The Labute approximate surface area is 182 Å². The van der Waals surface area contributed by atoms with Crippen LogP contribution in [0.5, 0.6) is 5.75 Å². The molecule has 1 atom stereocenters. The summed E-state index contributed by atoms with van der Waals surface area (Å²) in [7, 11) is 1.62. The average Bonchev–Trinajstić information content (AvgIpc) is 3.17. The van der Waals surface area contributed by atoms with Crippen molar-refractivity contribution in [2.75, 3.05) is 19.4 Å². The second-order valence-corrected chi connectivity index (χ2v) is 9.21. The molecule has 8 heteroatoms. The molecule has 0 aliphatic carbocycles. The van der Waals surface area contributed by atoms with Gasteiger partial charge in [-0.15, -0.1) is 11.8 Å². The number of rotatable bonds is 3. The Bertz CT molecular complexity index is 1110. The maximum absolute atomic E-state index is 13.2. The molecular weight excluding hydrogens is 510 g/mol. The fourth-order valence-corrected chi connectivity index (χ4v) is 5.78. The van der Waals surface area contributed by atoms with Gasteiger partial charge < -0.3 is 14.1 Å². The van der Waals surface area contributed by atoms with Crippen molar-refractivity contribution >= 4 is 60.5 Å². The van der Waals surface area contributed by atoms with Crippen molar-refractivity contribution in [2.45, 2.75) is 5.37 Å². The van der Waals surface area contributed by atoms with E-state index in [0.29, 0.717) is 22.0 Å². The molecule has 1 amide bonds. The number of hydrogen-bond donors (Lipinski definition) is 0. The van der Waals surface area contributed by atoms with Crippen molar-refractivity contribution in [1.29, 1.82) is 0 Å². The number of nitrogens with zero attached hydrogens (tertiary/aromatic N) is 1. The normalized spacial score (nSPS) is 16.5. The predicted molar refractivity (Wildman–Crippen MR) is 117 cm³/mol. The van der Waals surface area contributed by atoms with Gasteiger partial charge in [-0.2, -0.15) is 0 Å². The first kappa shape index (κ1) is 19.5. The van der Waals surface area contributed by atoms with E-state index in [4.69, 9.17) is 9.15 Å². The summed E-state index contributed by atoms with van der Waals surface area (Å²) in [4.78, 5) is 27.4. The highest BCUT2D eigenvalue weighted by atomic mass is 79.9. The number of carbonyl (C=O) groups excluding carboxylic acids is 1. The molecule has 28 heavy (non-hydrogen) atoms. The third-order valence-corrected chi connectivity index (χ3v) is 6.84. The molecule has 0 bridgehead atoms. The van der Waals surface area contributed by atoms with Crippen LogP contribution in [-0.4, -0.2) is 30.2 Å². The summed E-state index contributed by atoms with van der Waals surface area (Å²) < 4.78 is 12.1. The highest BCUT2D eigenvalue weighted by Crippen LogP contribution is 2.39. The zero-order valence-electron chi connectivity index (χ0n) is 14.8. The molecule has 1 unspecified atom stereocenters. The number of thioether (sulfide) groups is 1. The Kier molecular flexibility index (Phi) is 5.53. The summed E-state index contributed by atoms with van der Waals surface area (Å²) in [5.41, 5.74) is 0.823. The van der Waals surface area contributed by atoms with Gasteiger partial charge in [0.05, 0.1) is 11.6 Å². The maximum Gasteiger partial charge on any atom is 0.349 e. The monoisotopic (exact) mass is 523 g/mol. The zero-order valence-corrected chi connectivity index (χ0v) is 18.8. The topological polar surface area (TPSA) is 59.8 Å². The molecule has 1 aliphatic rings. The first-order valence-electron chi connectivity index (χ1n) is 8.47. The van der Waals surface area contributed by atoms with Crippen LogP contribution in [0.4, 0.5) is 0 Å². The van der Waals surface area contributed by atoms with E-state index in [2.05, 4.69) is 31.9 Å². The van der Waals surface area contributed by atoms with Gasteiger partial charge in [-0.1, -0.05) is 28.1 Å². The van der Waals surface area contributed by atoms with Gasteiger partial charge in [-0.25, -0.2) is 4.79 Å². The molecule has 4 rings (SSSR count). The van der Waals surface area contributed by atoms with Crippen molar-refractivity contribution in [3.63, 3.8) is 0 Å². The van der Waals surface area contributed by atoms with Crippen molar-refractivity contribution in [3.8, 4) is 5.75 Å². The highest BCUT2D eigenvalue weighted by Gasteiger charge is 2.33. The molecule has 5 nitrogen and oxygen atoms in total. The molecule has 1 aliphatic heterocycles. The minimum absolute atomic E-state index is 0.0403. The summed E-state index contributed by atoms with van der Waals surface area (Å²) >= 11 is 8.48. The van der Waals surface area contributed by atoms with E-state index in [1.807, 2.05) is 30.3 Å². The molecule has 2 heterocycles. The van der Waals surface area contributed by atoms with Crippen molar-refractivity contribution in [1.82, 2.24) is 4.90 Å². The number of methoxy groups -OCH3 is 1. The fraction of sp³-hybridized carbons (Fsp3) is 0.200. The largest absolute Gasteiger partial charge is 0.497 e. The van der Waals surface area contributed by atoms with Gasteiger partial charge in [0.25, 0.3) is 5.91 Å². The van der Waals surface area contributed by atoms with Crippen LogP contribution in [0, 0.1) is 0 Å². The van der Waals surface area contributed by atoms with Crippen molar-refractivity contribution in [3.05, 3.63) is 73.0 Å². The quantitative estimate of drug-likeness (QED) is 0.440. The van der Waals surface area contributed by atoms with Crippen LogP contribution in [0.1, 0.15) is 21.3 Å². The lowest BCUT2D eigenvalue weighted by Gasteiger charge is -2.24. The van der Waals surface area contributed by atoms with Crippen LogP contribution in [0.25, 0.3) is 11.0 Å². The molecule has 0 spiro atoms. The van der Waals surface area contributed by atoms with Crippen LogP contribution in [-0.2, 0) is 0 Å². The van der Waals surface area contributed by atoms with Gasteiger partial charge in [0, 0.05) is 22.2 Å². The SMILES string of the molecule is COc1ccc(C2SCCN2C(=O)c2cc3cc(Br)cc(Br)c3oc2=O)cc1. The molecule has 3 aromatic rings. The molecule has 0 radical (unpaired) electrons. The molecule has 144 valence electrons. The Morgan fingerprint density at radius 3 is 2.68 bits per heavy atom. The van der Waals surface area contributed by atoms with E-state index in [9.17, 15) is 9.59 Å². The van der Waals surface area contributed by atoms with Gasteiger partial charge in [0.1, 0.15) is 16.7 Å². The predicted octanol–water partition coefficient (Wildman–Crippen LogP) is 5.21. The summed E-state index contributed by atoms with van der Waals surface area (Å²) in [6.07, 6.45) is 0. The number of carbonyl (C=O) groups is 1. The van der Waals surface area contributed by atoms with Crippen LogP contribution in [0.2, 0.25) is 0 Å². The molecular formula is C20H15Br2NO4S. The van der Waals surface area contributed by atoms with Crippen LogP contribution < -0.4 is 10.4 Å². The second-order valence-electron chi connectivity index (χ2n) is 6.25. The summed E-state index contributed by atoms with van der Waals surface area (Å²) in [6.45, 7) is 0.569. The second kappa shape index (κ2) is 7.93. The first-order valence-corrected chi connectivity index (χ1v) is 11.1. The number of fused-ring (bicyclic) bond motifs is 1. The third-order valence-electron chi connectivity index (χ3n) is 4.53. The Balaban J connectivity index is 1.71. The van der Waals surface area contributed by atoms with Crippen LogP contribution in [0.3, 0.4) is 0 Å². The smallest absolute Gasteiger partial charge is 0.349 e. The zero-order chi connectivity index (χ0) is 19.8. The van der Waals surface area contributed by atoms with Crippen molar-refractivity contribution in [2.24, 2.45) is 0 Å². The van der Waals surface area contributed by atoms with Crippen LogP contribution in [0.15, 0.2) is 60.6 Å². The van der Waals surface area contributed by atoms with Gasteiger partial charge in [0.15, 0.2) is 5.58 Å². The lowest BCUT2D eigenvalue weighted by molar-refractivity contribution is 0.0756. The van der Waals surface area contributed by atoms with Crippen LogP contribution >= 0.6 is 43.6 Å². The lowest BCUT2D eigenvalue weighted by Crippen LogP contribution is -2.33. The minimum atomic E-state index is -0.633. The Hall–Kier alpha value is -1.77. The van der Waals surface area contributed by atoms with Gasteiger partial charge in [0.2, 0.25) is 0 Å². The first-order chi connectivity index (χ1) is 13.5. The molecule has 0 N–H and O–H groups in total. The van der Waals surface area contributed by atoms with E-state index in [1.165, 1.54) is 0 Å². The maximum atomic E-state index is 13.2. The number of benzene rings is 2. The average molecular weight is 525 g/mol. The molecule has 1 fully saturated rings. The summed E-state index contributed by atoms with van der Waals surface area (Å²) in [5.74, 6) is 1.24. The van der Waals surface area contributed by atoms with Gasteiger partial charge in [-0.05, 0) is 51.8 Å². The van der Waals surface area contributed by atoms with E-state index in [0.717, 1.165) is 21.5 Å². The van der Waals surface area contributed by atoms with E-state index < -0.39 is 5.63 Å². The summed E-state index contributed by atoms with van der Waals surface area (Å²) in [6, 6.07) is 12.8. The van der Waals surface area contributed by atoms with Crippen molar-refractivity contribution < 1.29 is 13.9 Å². The Morgan fingerprint density at radius 2 is 1.96 bits per heavy atom. The van der Waals surface area contributed by atoms with E-state index in [1.54, 1.807) is 35.9 Å². The van der Waals surface area contributed by atoms with Gasteiger partial charge in [-0.3, -0.25) is 4.79 Å². The minimum Gasteiger partial charge on any atom is -0.497 e. The fourth-order valence-electron chi connectivity index (χ4n) is 3.18. The molecule has 1 saturated heterocycles. The molecule has 0 saturated carbocycles. The third kappa shape index (κ3) is 3.60. The number of amides is 1.